The molecule has 3 rings (SSSR count). The minimum absolute atomic E-state index is 0.0452. The Morgan fingerprint density at radius 3 is 2.90 bits per heavy atom. The molecule has 1 amide bonds. The zero-order chi connectivity index (χ0) is 14.7. The van der Waals surface area contributed by atoms with Gasteiger partial charge in [-0.2, -0.15) is 0 Å². The first kappa shape index (κ1) is 14.3. The van der Waals surface area contributed by atoms with Crippen LogP contribution < -0.4 is 10.6 Å². The van der Waals surface area contributed by atoms with Gasteiger partial charge in [-0.3, -0.25) is 9.78 Å². The Hall–Kier alpha value is -1.65. The van der Waals surface area contributed by atoms with E-state index in [1.807, 2.05) is 12.1 Å². The molecule has 0 aliphatic heterocycles. The van der Waals surface area contributed by atoms with Crippen molar-refractivity contribution in [1.29, 1.82) is 0 Å². The molecular formula is C16H18ClN3O. The summed E-state index contributed by atoms with van der Waals surface area (Å²) in [6, 6.07) is 7.80. The van der Waals surface area contributed by atoms with E-state index in [9.17, 15) is 4.79 Å². The number of carbonyl (C=O) groups is 1. The molecule has 0 saturated heterocycles. The summed E-state index contributed by atoms with van der Waals surface area (Å²) in [5.74, 6) is -0.0452. The van der Waals surface area contributed by atoms with Gasteiger partial charge in [-0.1, -0.05) is 24.4 Å². The van der Waals surface area contributed by atoms with Crippen molar-refractivity contribution in [2.75, 3.05) is 11.9 Å². The molecule has 1 aromatic heterocycles. The van der Waals surface area contributed by atoms with E-state index in [0.29, 0.717) is 23.3 Å². The van der Waals surface area contributed by atoms with Crippen molar-refractivity contribution in [1.82, 2.24) is 10.3 Å². The Kier molecular flexibility index (Phi) is 4.36. The predicted octanol–water partition coefficient (Wildman–Crippen LogP) is 3.36. The summed E-state index contributed by atoms with van der Waals surface area (Å²) in [4.78, 5) is 16.4. The average molecular weight is 304 g/mol. The fourth-order valence-electron chi connectivity index (χ4n) is 2.80. The minimum Gasteiger partial charge on any atom is -0.323 e. The normalized spacial score (nSPS) is 15.5. The number of amides is 1. The lowest BCUT2D eigenvalue weighted by atomic mass is 10.2. The van der Waals surface area contributed by atoms with Crippen LogP contribution in [0.3, 0.4) is 0 Å². The summed E-state index contributed by atoms with van der Waals surface area (Å²) in [6.45, 7) is 0.335. The molecule has 2 N–H and O–H groups in total. The van der Waals surface area contributed by atoms with Gasteiger partial charge in [0.15, 0.2) is 0 Å². The largest absolute Gasteiger partial charge is 0.323 e. The minimum atomic E-state index is -0.0452. The molecule has 110 valence electrons. The number of pyridine rings is 1. The van der Waals surface area contributed by atoms with E-state index in [1.54, 1.807) is 18.3 Å². The molecular weight excluding hydrogens is 286 g/mol. The maximum absolute atomic E-state index is 12.1. The molecule has 1 heterocycles. The Labute approximate surface area is 128 Å². The van der Waals surface area contributed by atoms with Crippen LogP contribution in [0.25, 0.3) is 10.9 Å². The number of carbonyl (C=O) groups excluding carboxylic acids is 1. The number of rotatable bonds is 4. The highest BCUT2D eigenvalue weighted by Gasteiger charge is 2.15. The number of halogens is 1. The van der Waals surface area contributed by atoms with E-state index < -0.39 is 0 Å². The third-order valence-electron chi connectivity index (χ3n) is 3.90. The first-order chi connectivity index (χ1) is 10.2. The fourth-order valence-corrected chi connectivity index (χ4v) is 3.02. The van der Waals surface area contributed by atoms with Crippen molar-refractivity contribution < 1.29 is 4.79 Å². The molecule has 0 bridgehead atoms. The van der Waals surface area contributed by atoms with Crippen LogP contribution in [-0.4, -0.2) is 23.5 Å². The van der Waals surface area contributed by atoms with Crippen LogP contribution in [0.1, 0.15) is 25.7 Å². The lowest BCUT2D eigenvalue weighted by Gasteiger charge is -2.13. The third-order valence-corrected chi connectivity index (χ3v) is 4.23. The smallest absolute Gasteiger partial charge is 0.238 e. The summed E-state index contributed by atoms with van der Waals surface area (Å²) in [6.07, 6.45) is 6.54. The number of anilines is 1. The van der Waals surface area contributed by atoms with Crippen LogP contribution >= 0.6 is 11.6 Å². The van der Waals surface area contributed by atoms with Gasteiger partial charge in [0.2, 0.25) is 5.91 Å². The second-order valence-electron chi connectivity index (χ2n) is 5.40. The number of benzene rings is 1. The van der Waals surface area contributed by atoms with E-state index in [1.165, 1.54) is 25.7 Å². The van der Waals surface area contributed by atoms with Crippen LogP contribution in [0.5, 0.6) is 0 Å². The van der Waals surface area contributed by atoms with Gasteiger partial charge in [-0.05, 0) is 37.1 Å². The molecule has 0 spiro atoms. The van der Waals surface area contributed by atoms with E-state index in [2.05, 4.69) is 15.6 Å². The summed E-state index contributed by atoms with van der Waals surface area (Å²) >= 11 is 6.15. The van der Waals surface area contributed by atoms with E-state index in [-0.39, 0.29) is 5.91 Å². The molecule has 0 radical (unpaired) electrons. The molecule has 0 unspecified atom stereocenters. The van der Waals surface area contributed by atoms with Crippen LogP contribution in [0, 0.1) is 0 Å². The first-order valence-electron chi connectivity index (χ1n) is 7.30. The van der Waals surface area contributed by atoms with Crippen molar-refractivity contribution in [3.05, 3.63) is 35.5 Å². The Morgan fingerprint density at radius 2 is 2.10 bits per heavy atom. The van der Waals surface area contributed by atoms with Gasteiger partial charge in [0.1, 0.15) is 0 Å². The molecule has 1 fully saturated rings. The number of hydrogen-bond acceptors (Lipinski definition) is 3. The van der Waals surface area contributed by atoms with Gasteiger partial charge in [0.05, 0.1) is 22.8 Å². The summed E-state index contributed by atoms with van der Waals surface area (Å²) in [7, 11) is 0. The van der Waals surface area contributed by atoms with Crippen molar-refractivity contribution in [2.45, 2.75) is 31.7 Å². The Balaban J connectivity index is 1.69. The fraction of sp³-hybridized carbons (Fsp3) is 0.375. The van der Waals surface area contributed by atoms with E-state index >= 15 is 0 Å². The summed E-state index contributed by atoms with van der Waals surface area (Å²) in [5.41, 5.74) is 1.42. The van der Waals surface area contributed by atoms with Gasteiger partial charge >= 0.3 is 0 Å². The van der Waals surface area contributed by atoms with Crippen molar-refractivity contribution in [2.24, 2.45) is 0 Å². The molecule has 1 aliphatic carbocycles. The zero-order valence-electron chi connectivity index (χ0n) is 11.7. The highest BCUT2D eigenvalue weighted by atomic mass is 35.5. The predicted molar refractivity (Wildman–Crippen MR) is 85.6 cm³/mol. The summed E-state index contributed by atoms with van der Waals surface area (Å²) in [5, 5.41) is 7.70. The Bertz CT molecular complexity index is 653. The highest BCUT2D eigenvalue weighted by molar-refractivity contribution is 6.35. The number of aromatic nitrogens is 1. The highest BCUT2D eigenvalue weighted by Crippen LogP contribution is 2.27. The van der Waals surface area contributed by atoms with E-state index in [0.717, 1.165) is 10.9 Å². The number of hydrogen-bond donors (Lipinski definition) is 2. The molecule has 2 aromatic rings. The number of nitrogens with zero attached hydrogens (tertiary/aromatic N) is 1. The van der Waals surface area contributed by atoms with Crippen LogP contribution in [0.2, 0.25) is 5.02 Å². The monoisotopic (exact) mass is 303 g/mol. The number of fused-ring (bicyclic) bond motifs is 1. The van der Waals surface area contributed by atoms with Crippen molar-refractivity contribution >= 4 is 34.1 Å². The molecule has 5 heteroatoms. The SMILES string of the molecule is O=C(CNC1CCCC1)Nc1ccc(Cl)c2cccnc12. The van der Waals surface area contributed by atoms with Gasteiger partial charge in [-0.15, -0.1) is 0 Å². The quantitative estimate of drug-likeness (QED) is 0.910. The molecule has 1 saturated carbocycles. The lowest BCUT2D eigenvalue weighted by molar-refractivity contribution is -0.115. The molecule has 0 atom stereocenters. The van der Waals surface area contributed by atoms with Gasteiger partial charge in [0.25, 0.3) is 0 Å². The zero-order valence-corrected chi connectivity index (χ0v) is 12.5. The maximum Gasteiger partial charge on any atom is 0.238 e. The molecule has 4 nitrogen and oxygen atoms in total. The average Bonchev–Trinajstić information content (AvgIpc) is 3.02. The lowest BCUT2D eigenvalue weighted by Crippen LogP contribution is -2.34. The van der Waals surface area contributed by atoms with Crippen LogP contribution in [-0.2, 0) is 4.79 Å². The van der Waals surface area contributed by atoms with Crippen molar-refractivity contribution in [3.63, 3.8) is 0 Å². The Morgan fingerprint density at radius 1 is 1.29 bits per heavy atom. The topological polar surface area (TPSA) is 54.0 Å². The second kappa shape index (κ2) is 6.41. The van der Waals surface area contributed by atoms with Crippen LogP contribution in [0.15, 0.2) is 30.5 Å². The number of nitrogens with one attached hydrogen (secondary N) is 2. The van der Waals surface area contributed by atoms with E-state index in [4.69, 9.17) is 11.6 Å². The molecule has 1 aliphatic rings. The molecule has 21 heavy (non-hydrogen) atoms. The summed E-state index contributed by atoms with van der Waals surface area (Å²) < 4.78 is 0. The van der Waals surface area contributed by atoms with Gasteiger partial charge in [-0.25, -0.2) is 0 Å². The second-order valence-corrected chi connectivity index (χ2v) is 5.81. The van der Waals surface area contributed by atoms with Gasteiger partial charge < -0.3 is 10.6 Å². The third kappa shape index (κ3) is 3.34. The van der Waals surface area contributed by atoms with Crippen LogP contribution in [0.4, 0.5) is 5.69 Å². The molecule has 1 aromatic carbocycles. The van der Waals surface area contributed by atoms with Crippen molar-refractivity contribution in [3.8, 4) is 0 Å². The standard InChI is InChI=1S/C16H18ClN3O/c17-13-7-8-14(16-12(13)6-3-9-18-16)20-15(21)10-19-11-4-1-2-5-11/h3,6-9,11,19H,1-2,4-5,10H2,(H,20,21). The van der Waals surface area contributed by atoms with Gasteiger partial charge in [0, 0.05) is 17.6 Å². The maximum atomic E-state index is 12.1. The first-order valence-corrected chi connectivity index (χ1v) is 7.68.